The SMILES string of the molecule is Cc1ccc(F)cc1-c1nnc(CCNC2CC2)s1. The Kier molecular flexibility index (Phi) is 3.57. The van der Waals surface area contributed by atoms with Gasteiger partial charge in [0.15, 0.2) is 0 Å². The number of hydrogen-bond donors (Lipinski definition) is 1. The largest absolute Gasteiger partial charge is 0.314 e. The van der Waals surface area contributed by atoms with Crippen LogP contribution in [0.5, 0.6) is 0 Å². The van der Waals surface area contributed by atoms with E-state index in [2.05, 4.69) is 15.5 Å². The highest BCUT2D eigenvalue weighted by atomic mass is 32.1. The van der Waals surface area contributed by atoms with Crippen molar-refractivity contribution in [2.75, 3.05) is 6.54 Å². The number of aromatic nitrogens is 2. The predicted molar refractivity (Wildman–Crippen MR) is 74.8 cm³/mol. The number of hydrogen-bond acceptors (Lipinski definition) is 4. The smallest absolute Gasteiger partial charge is 0.148 e. The van der Waals surface area contributed by atoms with Gasteiger partial charge in [-0.1, -0.05) is 17.4 Å². The molecule has 100 valence electrons. The maximum Gasteiger partial charge on any atom is 0.148 e. The maximum atomic E-state index is 13.3. The molecule has 0 aliphatic heterocycles. The fraction of sp³-hybridized carbons (Fsp3) is 0.429. The fourth-order valence-corrected chi connectivity index (χ4v) is 2.88. The molecule has 1 aromatic heterocycles. The summed E-state index contributed by atoms with van der Waals surface area (Å²) in [5.74, 6) is -0.229. The van der Waals surface area contributed by atoms with Gasteiger partial charge in [-0.2, -0.15) is 0 Å². The number of benzene rings is 1. The lowest BCUT2D eigenvalue weighted by Crippen LogP contribution is -2.19. The first-order valence-electron chi connectivity index (χ1n) is 6.54. The predicted octanol–water partition coefficient (Wildman–Crippen LogP) is 2.95. The van der Waals surface area contributed by atoms with E-state index < -0.39 is 0 Å². The number of aryl methyl sites for hydroxylation is 1. The number of rotatable bonds is 5. The van der Waals surface area contributed by atoms with Gasteiger partial charge in [0.25, 0.3) is 0 Å². The molecule has 1 aromatic carbocycles. The van der Waals surface area contributed by atoms with E-state index in [9.17, 15) is 4.39 Å². The van der Waals surface area contributed by atoms with Crippen LogP contribution in [0.15, 0.2) is 18.2 Å². The summed E-state index contributed by atoms with van der Waals surface area (Å²) < 4.78 is 13.3. The second-order valence-corrected chi connectivity index (χ2v) is 6.00. The average molecular weight is 277 g/mol. The molecule has 1 aliphatic rings. The van der Waals surface area contributed by atoms with Gasteiger partial charge in [0.2, 0.25) is 0 Å². The zero-order chi connectivity index (χ0) is 13.2. The summed E-state index contributed by atoms with van der Waals surface area (Å²) in [6.45, 7) is 2.91. The van der Waals surface area contributed by atoms with Gasteiger partial charge >= 0.3 is 0 Å². The Balaban J connectivity index is 1.70. The third-order valence-electron chi connectivity index (χ3n) is 3.25. The highest BCUT2D eigenvalue weighted by Crippen LogP contribution is 2.27. The van der Waals surface area contributed by atoms with E-state index in [-0.39, 0.29) is 5.82 Å². The molecule has 0 amide bonds. The monoisotopic (exact) mass is 277 g/mol. The molecule has 0 radical (unpaired) electrons. The van der Waals surface area contributed by atoms with Gasteiger partial charge in [0, 0.05) is 24.6 Å². The van der Waals surface area contributed by atoms with Crippen LogP contribution in [-0.2, 0) is 6.42 Å². The molecule has 3 nitrogen and oxygen atoms in total. The third-order valence-corrected chi connectivity index (χ3v) is 4.26. The highest BCUT2D eigenvalue weighted by molar-refractivity contribution is 7.14. The van der Waals surface area contributed by atoms with E-state index in [0.29, 0.717) is 0 Å². The summed E-state index contributed by atoms with van der Waals surface area (Å²) in [6, 6.07) is 5.50. The molecule has 1 fully saturated rings. The van der Waals surface area contributed by atoms with Crippen molar-refractivity contribution in [3.8, 4) is 10.6 Å². The van der Waals surface area contributed by atoms with Crippen molar-refractivity contribution in [1.82, 2.24) is 15.5 Å². The summed E-state index contributed by atoms with van der Waals surface area (Å²) in [5.41, 5.74) is 1.87. The summed E-state index contributed by atoms with van der Waals surface area (Å²) in [6.07, 6.45) is 3.48. The molecule has 0 saturated heterocycles. The molecule has 1 saturated carbocycles. The van der Waals surface area contributed by atoms with Crippen LogP contribution in [0.4, 0.5) is 4.39 Å². The Hall–Kier alpha value is -1.33. The zero-order valence-corrected chi connectivity index (χ0v) is 11.6. The molecule has 1 N–H and O–H groups in total. The Morgan fingerprint density at radius 2 is 2.21 bits per heavy atom. The van der Waals surface area contributed by atoms with Crippen LogP contribution in [0.1, 0.15) is 23.4 Å². The first kappa shape index (κ1) is 12.7. The molecular weight excluding hydrogens is 261 g/mol. The molecule has 1 aliphatic carbocycles. The van der Waals surface area contributed by atoms with Gasteiger partial charge in [-0.05, 0) is 37.5 Å². The first-order valence-corrected chi connectivity index (χ1v) is 7.36. The van der Waals surface area contributed by atoms with Crippen molar-refractivity contribution in [3.05, 3.63) is 34.6 Å². The molecule has 3 rings (SSSR count). The lowest BCUT2D eigenvalue weighted by molar-refractivity contribution is 0.628. The van der Waals surface area contributed by atoms with E-state index in [1.165, 1.54) is 25.0 Å². The Morgan fingerprint density at radius 1 is 1.37 bits per heavy atom. The van der Waals surface area contributed by atoms with Crippen molar-refractivity contribution < 1.29 is 4.39 Å². The highest BCUT2D eigenvalue weighted by Gasteiger charge is 2.20. The molecule has 0 atom stereocenters. The van der Waals surface area contributed by atoms with Gasteiger partial charge < -0.3 is 5.32 Å². The summed E-state index contributed by atoms with van der Waals surface area (Å²) in [4.78, 5) is 0. The van der Waals surface area contributed by atoms with Crippen LogP contribution in [-0.4, -0.2) is 22.8 Å². The van der Waals surface area contributed by atoms with Crippen LogP contribution in [0.2, 0.25) is 0 Å². The van der Waals surface area contributed by atoms with Gasteiger partial charge in [0.05, 0.1) is 0 Å². The van der Waals surface area contributed by atoms with Crippen LogP contribution < -0.4 is 5.32 Å². The van der Waals surface area contributed by atoms with Crippen molar-refractivity contribution in [3.63, 3.8) is 0 Å². The van der Waals surface area contributed by atoms with Crippen LogP contribution in [0.3, 0.4) is 0 Å². The standard InChI is InChI=1S/C14H16FN3S/c1-9-2-3-10(15)8-12(9)14-18-17-13(19-14)6-7-16-11-4-5-11/h2-3,8,11,16H,4-7H2,1H3. The van der Waals surface area contributed by atoms with Crippen molar-refractivity contribution in [1.29, 1.82) is 0 Å². The van der Waals surface area contributed by atoms with E-state index in [1.54, 1.807) is 17.4 Å². The number of nitrogens with one attached hydrogen (secondary N) is 1. The zero-order valence-electron chi connectivity index (χ0n) is 10.8. The number of nitrogens with zero attached hydrogens (tertiary/aromatic N) is 2. The lowest BCUT2D eigenvalue weighted by Gasteiger charge is -2.01. The van der Waals surface area contributed by atoms with Gasteiger partial charge in [-0.25, -0.2) is 4.39 Å². The minimum absolute atomic E-state index is 0.229. The molecule has 1 heterocycles. The molecule has 0 bridgehead atoms. The third kappa shape index (κ3) is 3.16. The van der Waals surface area contributed by atoms with Crippen LogP contribution >= 0.6 is 11.3 Å². The average Bonchev–Trinajstić information content (AvgIpc) is 3.10. The Labute approximate surface area is 115 Å². The van der Waals surface area contributed by atoms with Crippen molar-refractivity contribution in [2.24, 2.45) is 0 Å². The summed E-state index contributed by atoms with van der Waals surface area (Å²) >= 11 is 1.55. The Bertz CT molecular complexity index is 578. The van der Waals surface area contributed by atoms with Crippen molar-refractivity contribution in [2.45, 2.75) is 32.2 Å². The van der Waals surface area contributed by atoms with E-state index in [4.69, 9.17) is 0 Å². The van der Waals surface area contributed by atoms with Gasteiger partial charge in [-0.3, -0.25) is 0 Å². The van der Waals surface area contributed by atoms with E-state index in [1.807, 2.05) is 6.92 Å². The van der Waals surface area contributed by atoms with E-state index in [0.717, 1.165) is 40.1 Å². The first-order chi connectivity index (χ1) is 9.22. The summed E-state index contributed by atoms with van der Waals surface area (Å²) in [5, 5.41) is 13.6. The summed E-state index contributed by atoms with van der Waals surface area (Å²) in [7, 11) is 0. The topological polar surface area (TPSA) is 37.8 Å². The molecule has 0 spiro atoms. The van der Waals surface area contributed by atoms with Crippen LogP contribution in [0, 0.1) is 12.7 Å². The minimum Gasteiger partial charge on any atom is -0.314 e. The van der Waals surface area contributed by atoms with Crippen LogP contribution in [0.25, 0.3) is 10.6 Å². The van der Waals surface area contributed by atoms with Gasteiger partial charge in [0.1, 0.15) is 15.8 Å². The maximum absolute atomic E-state index is 13.3. The fourth-order valence-electron chi connectivity index (χ4n) is 1.96. The second kappa shape index (κ2) is 5.35. The number of halogens is 1. The quantitative estimate of drug-likeness (QED) is 0.913. The van der Waals surface area contributed by atoms with E-state index >= 15 is 0 Å². The molecule has 2 aromatic rings. The minimum atomic E-state index is -0.229. The second-order valence-electron chi connectivity index (χ2n) is 4.94. The van der Waals surface area contributed by atoms with Gasteiger partial charge in [-0.15, -0.1) is 10.2 Å². The normalized spacial score (nSPS) is 14.8. The molecule has 0 unspecified atom stereocenters. The lowest BCUT2D eigenvalue weighted by atomic mass is 10.1. The van der Waals surface area contributed by atoms with Crippen molar-refractivity contribution >= 4 is 11.3 Å². The molecule has 5 heteroatoms. The Morgan fingerprint density at radius 3 is 3.00 bits per heavy atom. The molecule has 19 heavy (non-hydrogen) atoms. The molecular formula is C14H16FN3S.